The molecule has 28 heavy (non-hydrogen) atoms. The van der Waals surface area contributed by atoms with Gasteiger partial charge >= 0.3 is 11.7 Å². The number of carbonyl (C=O) groups excluding carboxylic acids is 1. The van der Waals surface area contributed by atoms with Gasteiger partial charge in [0, 0.05) is 38.8 Å². The molecule has 1 saturated carbocycles. The van der Waals surface area contributed by atoms with Crippen molar-refractivity contribution in [2.45, 2.75) is 45.6 Å². The van der Waals surface area contributed by atoms with Crippen LogP contribution in [0.5, 0.6) is 0 Å². The molecule has 9 heteroatoms. The maximum absolute atomic E-state index is 13.0. The quantitative estimate of drug-likeness (QED) is 0.831. The number of piperidine rings is 1. The Hall–Kier alpha value is -2.42. The molecule has 9 nitrogen and oxygen atoms in total. The fourth-order valence-electron chi connectivity index (χ4n) is 4.17. The summed E-state index contributed by atoms with van der Waals surface area (Å²) in [6.07, 6.45) is 6.12. The molecule has 2 fully saturated rings. The van der Waals surface area contributed by atoms with Crippen LogP contribution >= 0.6 is 0 Å². The van der Waals surface area contributed by atoms with Gasteiger partial charge in [-0.05, 0) is 45.4 Å². The van der Waals surface area contributed by atoms with Crippen molar-refractivity contribution >= 4 is 17.2 Å². The largest absolute Gasteiger partial charge is 0.338 e. The number of hydrogen-bond acceptors (Lipinski definition) is 5. The first-order chi connectivity index (χ1) is 13.5. The molecule has 3 heterocycles. The molecular formula is C19H28N6O3. The van der Waals surface area contributed by atoms with Crippen LogP contribution in [0.1, 0.15) is 45.6 Å². The SMILES string of the molecule is CCN(CC)C(=O)n1c(=O)[nH]c(=O)c2ncn(C3CCN(CC4CC4)CC3)c21. The summed E-state index contributed by atoms with van der Waals surface area (Å²) < 4.78 is 2.94. The number of imidazole rings is 1. The van der Waals surface area contributed by atoms with E-state index in [2.05, 4.69) is 14.9 Å². The molecule has 0 unspecified atom stereocenters. The predicted molar refractivity (Wildman–Crippen MR) is 106 cm³/mol. The van der Waals surface area contributed by atoms with E-state index < -0.39 is 17.3 Å². The van der Waals surface area contributed by atoms with Crippen LogP contribution < -0.4 is 11.2 Å². The first-order valence-electron chi connectivity index (χ1n) is 10.3. The van der Waals surface area contributed by atoms with Crippen LogP contribution in [0.2, 0.25) is 0 Å². The van der Waals surface area contributed by atoms with Crippen molar-refractivity contribution in [2.75, 3.05) is 32.7 Å². The number of aromatic nitrogens is 4. The molecule has 1 saturated heterocycles. The Morgan fingerprint density at radius 2 is 1.86 bits per heavy atom. The van der Waals surface area contributed by atoms with Gasteiger partial charge in [0.15, 0.2) is 11.2 Å². The summed E-state index contributed by atoms with van der Waals surface area (Å²) in [5.74, 6) is 0.862. The zero-order valence-electron chi connectivity index (χ0n) is 16.6. The van der Waals surface area contributed by atoms with E-state index in [-0.39, 0.29) is 11.6 Å². The molecule has 0 radical (unpaired) electrons. The van der Waals surface area contributed by atoms with E-state index in [1.165, 1.54) is 19.4 Å². The molecule has 1 aliphatic heterocycles. The van der Waals surface area contributed by atoms with Gasteiger partial charge in [0.25, 0.3) is 5.56 Å². The molecule has 1 amide bonds. The summed E-state index contributed by atoms with van der Waals surface area (Å²) in [6, 6.07) is -0.304. The molecule has 2 aromatic rings. The Bertz CT molecular complexity index is 974. The first kappa shape index (κ1) is 18.9. The highest BCUT2D eigenvalue weighted by atomic mass is 16.2. The molecule has 1 aliphatic carbocycles. The summed E-state index contributed by atoms with van der Waals surface area (Å²) >= 11 is 0. The van der Waals surface area contributed by atoms with Crippen LogP contribution in [-0.4, -0.2) is 67.7 Å². The Balaban J connectivity index is 1.70. The highest BCUT2D eigenvalue weighted by Gasteiger charge is 2.29. The van der Waals surface area contributed by atoms with Gasteiger partial charge in [0.1, 0.15) is 0 Å². The van der Waals surface area contributed by atoms with Crippen LogP contribution in [0.25, 0.3) is 11.2 Å². The van der Waals surface area contributed by atoms with Gasteiger partial charge in [-0.2, -0.15) is 4.57 Å². The molecule has 1 N–H and O–H groups in total. The second kappa shape index (κ2) is 7.54. The molecule has 2 aliphatic rings. The van der Waals surface area contributed by atoms with Crippen LogP contribution in [0.15, 0.2) is 15.9 Å². The maximum Gasteiger partial charge on any atom is 0.338 e. The lowest BCUT2D eigenvalue weighted by Gasteiger charge is -2.33. The number of nitrogens with zero attached hydrogens (tertiary/aromatic N) is 5. The topological polar surface area (TPSA) is 96.2 Å². The van der Waals surface area contributed by atoms with Gasteiger partial charge in [-0.15, -0.1) is 0 Å². The maximum atomic E-state index is 13.0. The number of carbonyl (C=O) groups is 1. The van der Waals surface area contributed by atoms with Crippen molar-refractivity contribution in [3.8, 4) is 0 Å². The highest BCUT2D eigenvalue weighted by Crippen LogP contribution is 2.32. The van der Waals surface area contributed by atoms with Gasteiger partial charge in [-0.3, -0.25) is 9.78 Å². The van der Waals surface area contributed by atoms with Crippen molar-refractivity contribution in [1.29, 1.82) is 0 Å². The third-order valence-electron chi connectivity index (χ3n) is 6.01. The van der Waals surface area contributed by atoms with Gasteiger partial charge < -0.3 is 14.4 Å². The molecular weight excluding hydrogens is 360 g/mol. The summed E-state index contributed by atoms with van der Waals surface area (Å²) in [5.41, 5.74) is -0.803. The van der Waals surface area contributed by atoms with Gasteiger partial charge in [-0.1, -0.05) is 0 Å². The van der Waals surface area contributed by atoms with E-state index in [1.807, 2.05) is 18.4 Å². The number of H-pyrrole nitrogens is 1. The number of nitrogens with one attached hydrogen (secondary N) is 1. The zero-order valence-corrected chi connectivity index (χ0v) is 16.6. The minimum atomic E-state index is -0.706. The minimum Gasteiger partial charge on any atom is -0.324 e. The number of fused-ring (bicyclic) bond motifs is 1. The van der Waals surface area contributed by atoms with Crippen molar-refractivity contribution in [2.24, 2.45) is 5.92 Å². The van der Waals surface area contributed by atoms with Crippen molar-refractivity contribution in [3.63, 3.8) is 0 Å². The Labute approximate surface area is 163 Å². The van der Waals surface area contributed by atoms with Crippen molar-refractivity contribution in [3.05, 3.63) is 27.2 Å². The first-order valence-corrected chi connectivity index (χ1v) is 10.3. The molecule has 152 valence electrons. The summed E-state index contributed by atoms with van der Waals surface area (Å²) in [4.78, 5) is 48.4. The van der Waals surface area contributed by atoms with E-state index in [0.717, 1.165) is 36.4 Å². The fraction of sp³-hybridized carbons (Fsp3) is 0.684. The third kappa shape index (κ3) is 3.39. The monoisotopic (exact) mass is 388 g/mol. The average molecular weight is 388 g/mol. The lowest BCUT2D eigenvalue weighted by atomic mass is 10.0. The summed E-state index contributed by atoms with van der Waals surface area (Å²) in [7, 11) is 0. The molecule has 0 bridgehead atoms. The number of aromatic amines is 1. The minimum absolute atomic E-state index is 0.123. The Kier molecular flexibility index (Phi) is 5.09. The van der Waals surface area contributed by atoms with E-state index in [0.29, 0.717) is 18.7 Å². The lowest BCUT2D eigenvalue weighted by Crippen LogP contribution is -2.43. The van der Waals surface area contributed by atoms with E-state index in [4.69, 9.17) is 0 Å². The number of rotatable bonds is 5. The number of likely N-dealkylation sites (tertiary alicyclic amines) is 1. The smallest absolute Gasteiger partial charge is 0.324 e. The molecule has 0 spiro atoms. The van der Waals surface area contributed by atoms with Gasteiger partial charge in [0.2, 0.25) is 0 Å². The second-order valence-corrected chi connectivity index (χ2v) is 7.85. The summed E-state index contributed by atoms with van der Waals surface area (Å²) in [6.45, 7) is 7.83. The van der Waals surface area contributed by atoms with Crippen LogP contribution in [0.3, 0.4) is 0 Å². The van der Waals surface area contributed by atoms with Crippen LogP contribution in [0, 0.1) is 5.92 Å². The third-order valence-corrected chi connectivity index (χ3v) is 6.01. The van der Waals surface area contributed by atoms with Crippen molar-refractivity contribution in [1.82, 2.24) is 28.9 Å². The Morgan fingerprint density at radius 3 is 2.46 bits per heavy atom. The Morgan fingerprint density at radius 1 is 1.18 bits per heavy atom. The number of amides is 1. The lowest BCUT2D eigenvalue weighted by molar-refractivity contribution is 0.181. The zero-order chi connectivity index (χ0) is 19.8. The van der Waals surface area contributed by atoms with Gasteiger partial charge in [0.05, 0.1) is 6.33 Å². The van der Waals surface area contributed by atoms with Crippen molar-refractivity contribution < 1.29 is 4.79 Å². The van der Waals surface area contributed by atoms with E-state index >= 15 is 0 Å². The van der Waals surface area contributed by atoms with E-state index in [1.54, 1.807) is 11.2 Å². The van der Waals surface area contributed by atoms with E-state index in [9.17, 15) is 14.4 Å². The normalized spacial score (nSPS) is 18.6. The highest BCUT2D eigenvalue weighted by molar-refractivity contribution is 5.86. The van der Waals surface area contributed by atoms with Crippen LogP contribution in [0.4, 0.5) is 4.79 Å². The number of hydrogen-bond donors (Lipinski definition) is 1. The molecule has 2 aromatic heterocycles. The molecule has 4 rings (SSSR count). The van der Waals surface area contributed by atoms with Crippen LogP contribution in [-0.2, 0) is 0 Å². The van der Waals surface area contributed by atoms with Gasteiger partial charge in [-0.25, -0.2) is 14.6 Å². The standard InChI is InChI=1S/C19H28N6O3/c1-3-23(4-2)19(28)25-17-15(16(26)21-18(25)27)20-12-24(17)14-7-9-22(10-8-14)11-13-5-6-13/h12-14H,3-11H2,1-2H3,(H,21,26,27). The molecule has 0 aromatic carbocycles. The summed E-state index contributed by atoms with van der Waals surface area (Å²) in [5, 5.41) is 0. The molecule has 0 atom stereocenters. The average Bonchev–Trinajstić information content (AvgIpc) is 3.39. The second-order valence-electron chi connectivity index (χ2n) is 7.85. The predicted octanol–water partition coefficient (Wildman–Crippen LogP) is 1.24. The fourth-order valence-corrected chi connectivity index (χ4v) is 4.17.